The van der Waals surface area contributed by atoms with E-state index in [0.717, 1.165) is 6.42 Å². The van der Waals surface area contributed by atoms with Crippen LogP contribution in [0.1, 0.15) is 26.3 Å². The molecule has 1 amide bonds. The average molecular weight is 546 g/mol. The first-order chi connectivity index (χ1) is 12.5. The standard InChI is InChI=1S/C12H11ClN3O3.C5H11NO2.CH3.Cs/c1-16-7-10(6-15-16)19-12-8(2-3-11(17)18)4-9(13)5-14-12;1-5(2,3)8-4(6)7;;/h3-7H,2H2,1H3,(H,17,18);1-3H3,(H2,6,7);1H3;/q-1;;-1;+1. The number of amides is 1. The second kappa shape index (κ2) is 14.2. The molecule has 2 aromatic rings. The van der Waals surface area contributed by atoms with Gasteiger partial charge in [0.25, 0.3) is 0 Å². The maximum Gasteiger partial charge on any atom is 1.00 e. The zero-order valence-corrected chi connectivity index (χ0v) is 24.5. The number of nitrogens with zero attached hydrogens (tertiary/aromatic N) is 3. The van der Waals surface area contributed by atoms with Crippen LogP contribution in [0.15, 0.2) is 24.7 Å². The zero-order chi connectivity index (χ0) is 20.6. The van der Waals surface area contributed by atoms with Gasteiger partial charge in [0.2, 0.25) is 5.88 Å². The molecule has 2 rings (SSSR count). The zero-order valence-electron chi connectivity index (χ0n) is 17.5. The number of carbonyl (C=O) groups is 2. The molecule has 0 bridgehead atoms. The third kappa shape index (κ3) is 13.9. The summed E-state index contributed by atoms with van der Waals surface area (Å²) in [6, 6.07) is 1.62. The summed E-state index contributed by atoms with van der Waals surface area (Å²) in [5, 5.41) is 13.1. The molecule has 9 nitrogen and oxygen atoms in total. The maximum absolute atomic E-state index is 10.6. The topological polar surface area (TPSA) is 130 Å². The van der Waals surface area contributed by atoms with E-state index in [-0.39, 0.29) is 82.7 Å². The molecular formula is C18H25ClCsN4O5-. The van der Waals surface area contributed by atoms with Crippen LogP contribution in [-0.4, -0.2) is 37.5 Å². The second-order valence-electron chi connectivity index (χ2n) is 6.35. The molecule has 0 fully saturated rings. The number of aryl methyl sites for hydroxylation is 1. The fraction of sp³-hybridized carbons (Fsp3) is 0.333. The van der Waals surface area contributed by atoms with Gasteiger partial charge in [-0.05, 0) is 32.4 Å². The fourth-order valence-corrected chi connectivity index (χ4v) is 1.95. The van der Waals surface area contributed by atoms with E-state index in [4.69, 9.17) is 27.2 Å². The van der Waals surface area contributed by atoms with Crippen LogP contribution in [0.5, 0.6) is 11.6 Å². The molecule has 0 saturated heterocycles. The van der Waals surface area contributed by atoms with E-state index in [1.54, 1.807) is 51.0 Å². The van der Waals surface area contributed by atoms with E-state index >= 15 is 0 Å². The van der Waals surface area contributed by atoms with Crippen LogP contribution in [0.3, 0.4) is 0 Å². The van der Waals surface area contributed by atoms with Gasteiger partial charge in [-0.15, -0.1) is 6.42 Å². The molecule has 156 valence electrons. The first kappa shape index (κ1) is 30.3. The van der Waals surface area contributed by atoms with Crippen molar-refractivity contribution in [3.05, 3.63) is 49.1 Å². The molecule has 2 aromatic heterocycles. The molecule has 0 spiro atoms. The van der Waals surface area contributed by atoms with Crippen molar-refractivity contribution in [2.75, 3.05) is 0 Å². The van der Waals surface area contributed by atoms with Gasteiger partial charge in [0.15, 0.2) is 11.7 Å². The SMILES string of the molecule is CC(C)(C)OC(N)=O.Cn1cc(Oc2ncc(Cl)cc2C[CH-]C(=O)O)cn1.[CH3-].[Cs+]. The van der Waals surface area contributed by atoms with Crippen LogP contribution < -0.4 is 79.4 Å². The van der Waals surface area contributed by atoms with Gasteiger partial charge in [-0.2, -0.15) is 5.10 Å². The molecule has 0 atom stereocenters. The Morgan fingerprint density at radius 3 is 2.38 bits per heavy atom. The molecule has 0 aliphatic carbocycles. The summed E-state index contributed by atoms with van der Waals surface area (Å²) in [6.07, 6.45) is 5.24. The first-order valence-electron chi connectivity index (χ1n) is 7.82. The van der Waals surface area contributed by atoms with Gasteiger partial charge >= 0.3 is 75.0 Å². The van der Waals surface area contributed by atoms with Gasteiger partial charge in [-0.3, -0.25) is 15.9 Å². The maximum atomic E-state index is 10.6. The number of aromatic nitrogens is 3. The molecule has 0 saturated carbocycles. The van der Waals surface area contributed by atoms with Crippen LogP contribution in [-0.2, 0) is 23.0 Å². The van der Waals surface area contributed by atoms with Gasteiger partial charge in [-0.1, -0.05) is 11.6 Å². The quantitative estimate of drug-likeness (QED) is 0.521. The van der Waals surface area contributed by atoms with Crippen LogP contribution in [0.2, 0.25) is 5.02 Å². The monoisotopic (exact) mass is 545 g/mol. The minimum absolute atomic E-state index is 0. The number of pyridine rings is 1. The molecule has 0 aliphatic heterocycles. The summed E-state index contributed by atoms with van der Waals surface area (Å²) in [5.41, 5.74) is 4.86. The van der Waals surface area contributed by atoms with Gasteiger partial charge in [-0.25, -0.2) is 9.78 Å². The van der Waals surface area contributed by atoms with E-state index in [9.17, 15) is 9.59 Å². The summed E-state index contributed by atoms with van der Waals surface area (Å²) in [5.74, 6) is -0.170. The number of carboxylic acid groups (broad SMARTS) is 1. The number of nitrogens with two attached hydrogens (primary N) is 1. The third-order valence-corrected chi connectivity index (χ3v) is 2.90. The van der Waals surface area contributed by atoms with E-state index < -0.39 is 17.7 Å². The molecule has 0 unspecified atom stereocenters. The molecule has 0 aromatic carbocycles. The smallest absolute Gasteiger partial charge is 0.503 e. The predicted molar refractivity (Wildman–Crippen MR) is 105 cm³/mol. The molecule has 3 N–H and O–H groups in total. The third-order valence-electron chi connectivity index (χ3n) is 2.69. The van der Waals surface area contributed by atoms with E-state index in [2.05, 4.69) is 14.8 Å². The molecule has 0 radical (unpaired) electrons. The molecule has 29 heavy (non-hydrogen) atoms. The van der Waals surface area contributed by atoms with E-state index in [1.165, 1.54) is 6.20 Å². The number of ether oxygens (including phenoxy) is 2. The van der Waals surface area contributed by atoms with Crippen LogP contribution in [0.4, 0.5) is 4.79 Å². The number of carbonyl (C=O) groups excluding carboxylic acids is 1. The summed E-state index contributed by atoms with van der Waals surface area (Å²) < 4.78 is 11.7. The van der Waals surface area contributed by atoms with Gasteiger partial charge in [0.1, 0.15) is 5.60 Å². The largest absolute Gasteiger partial charge is 1.00 e. The number of halogens is 1. The van der Waals surface area contributed by atoms with Gasteiger partial charge in [0, 0.05) is 13.2 Å². The molecule has 11 heteroatoms. The van der Waals surface area contributed by atoms with Crippen molar-refractivity contribution in [2.45, 2.75) is 32.8 Å². The van der Waals surface area contributed by atoms with E-state index in [0.29, 0.717) is 22.2 Å². The van der Waals surface area contributed by atoms with Crippen molar-refractivity contribution in [3.63, 3.8) is 0 Å². The Hall–Kier alpha value is -0.888. The second-order valence-corrected chi connectivity index (χ2v) is 6.79. The van der Waals surface area contributed by atoms with Gasteiger partial charge in [0.05, 0.1) is 17.4 Å². The van der Waals surface area contributed by atoms with Crippen molar-refractivity contribution in [2.24, 2.45) is 12.8 Å². The average Bonchev–Trinajstić information content (AvgIpc) is 2.90. The Labute approximate surface area is 234 Å². The summed E-state index contributed by atoms with van der Waals surface area (Å²) in [7, 11) is 1.77. The van der Waals surface area contributed by atoms with E-state index in [1.807, 2.05) is 0 Å². The minimum Gasteiger partial charge on any atom is -0.503 e. The number of hydrogen-bond donors (Lipinski definition) is 2. The predicted octanol–water partition coefficient (Wildman–Crippen LogP) is 0.427. The summed E-state index contributed by atoms with van der Waals surface area (Å²) in [4.78, 5) is 24.6. The van der Waals surface area contributed by atoms with Crippen molar-refractivity contribution in [3.8, 4) is 11.6 Å². The minimum atomic E-state index is -1.01. The fourth-order valence-electron chi connectivity index (χ4n) is 1.77. The number of carboxylic acids is 1. The van der Waals surface area contributed by atoms with Crippen LogP contribution in [0, 0.1) is 13.8 Å². The van der Waals surface area contributed by atoms with Crippen molar-refractivity contribution >= 4 is 23.7 Å². The molecular weight excluding hydrogens is 521 g/mol. The number of aliphatic carboxylic acids is 1. The van der Waals surface area contributed by atoms with Gasteiger partial charge < -0.3 is 27.7 Å². The van der Waals surface area contributed by atoms with Crippen molar-refractivity contribution in [1.29, 1.82) is 0 Å². The molecule has 2 heterocycles. The normalized spacial score (nSPS) is 9.69. The number of primary amides is 1. The Bertz CT molecular complexity index is 793. The van der Waals surface area contributed by atoms with Crippen molar-refractivity contribution < 1.29 is 93.1 Å². The Kier molecular flexibility index (Phi) is 14.8. The van der Waals surface area contributed by atoms with Crippen molar-refractivity contribution in [1.82, 2.24) is 14.8 Å². The molecule has 0 aliphatic rings. The Morgan fingerprint density at radius 2 is 1.97 bits per heavy atom. The summed E-state index contributed by atoms with van der Waals surface area (Å²) in [6.45, 7) is 5.28. The van der Waals surface area contributed by atoms with Crippen LogP contribution in [0.25, 0.3) is 0 Å². The Morgan fingerprint density at radius 1 is 1.34 bits per heavy atom. The Balaban J connectivity index is 0. The number of hydrogen-bond acceptors (Lipinski definition) is 6. The number of rotatable bonds is 5. The summed E-state index contributed by atoms with van der Waals surface area (Å²) >= 11 is 5.84. The first-order valence-corrected chi connectivity index (χ1v) is 8.19. The van der Waals surface area contributed by atoms with Crippen LogP contribution >= 0.6 is 11.6 Å².